The van der Waals surface area contributed by atoms with Gasteiger partial charge in [-0.1, -0.05) is 62.7 Å². The van der Waals surface area contributed by atoms with E-state index in [-0.39, 0.29) is 5.41 Å². The second-order valence-electron chi connectivity index (χ2n) is 13.0. The lowest BCUT2D eigenvalue weighted by molar-refractivity contribution is -0.659. The number of aryl methyl sites for hydroxylation is 3. The summed E-state index contributed by atoms with van der Waals surface area (Å²) in [5.74, 6) is 2.54. The number of aromatic nitrogens is 1. The molecule has 0 spiro atoms. The van der Waals surface area contributed by atoms with Crippen LogP contribution in [0.3, 0.4) is 0 Å². The van der Waals surface area contributed by atoms with Gasteiger partial charge in [-0.2, -0.15) is 0 Å². The van der Waals surface area contributed by atoms with Crippen LogP contribution in [0.4, 0.5) is 0 Å². The molecule has 2 aliphatic rings. The fraction of sp³-hybridized carbons (Fsp3) is 0.361. The molecule has 0 amide bonds. The number of benzene rings is 4. The van der Waals surface area contributed by atoms with E-state index in [0.717, 1.165) is 44.0 Å². The largest absolute Gasteiger partial charge is 0.455 e. The van der Waals surface area contributed by atoms with Crippen LogP contribution < -0.4 is 9.30 Å². The third kappa shape index (κ3) is 3.85. The minimum absolute atomic E-state index is 0.123. The van der Waals surface area contributed by atoms with Gasteiger partial charge in [0.25, 0.3) is 0 Å². The molecule has 1 saturated heterocycles. The van der Waals surface area contributed by atoms with E-state index < -0.39 is 0 Å². The van der Waals surface area contributed by atoms with E-state index in [1.807, 2.05) is 0 Å². The van der Waals surface area contributed by atoms with Crippen molar-refractivity contribution in [1.29, 1.82) is 0 Å². The van der Waals surface area contributed by atoms with Gasteiger partial charge in [-0.05, 0) is 83.2 Å². The van der Waals surface area contributed by atoms with Gasteiger partial charge in [-0.15, -0.1) is 0 Å². The second-order valence-corrected chi connectivity index (χ2v) is 13.0. The number of hydrogen-bond acceptors (Lipinski definition) is 2. The van der Waals surface area contributed by atoms with Gasteiger partial charge in [0.2, 0.25) is 5.69 Å². The molecule has 3 heteroatoms. The summed E-state index contributed by atoms with van der Waals surface area (Å²) < 4.78 is 15.1. The number of ether oxygens (including phenoxy) is 2. The molecule has 0 saturated carbocycles. The van der Waals surface area contributed by atoms with Crippen molar-refractivity contribution < 1.29 is 14.0 Å². The van der Waals surface area contributed by atoms with Crippen LogP contribution in [0.25, 0.3) is 43.6 Å². The molecule has 0 bridgehead atoms. The van der Waals surface area contributed by atoms with Crippen LogP contribution in [0.1, 0.15) is 61.8 Å². The lowest BCUT2D eigenvalue weighted by Gasteiger charge is -2.29. The Morgan fingerprint density at radius 2 is 1.67 bits per heavy atom. The van der Waals surface area contributed by atoms with Crippen molar-refractivity contribution in [3.8, 4) is 22.8 Å². The van der Waals surface area contributed by atoms with Crippen LogP contribution in [0.15, 0.2) is 54.7 Å². The minimum Gasteiger partial charge on any atom is -0.455 e. The van der Waals surface area contributed by atoms with Crippen LogP contribution >= 0.6 is 0 Å². The maximum absolute atomic E-state index is 7.11. The molecule has 2 aliphatic heterocycles. The Balaban J connectivity index is 1.59. The maximum Gasteiger partial charge on any atom is 0.228 e. The highest BCUT2D eigenvalue weighted by Gasteiger charge is 2.34. The number of hydrogen-bond donors (Lipinski definition) is 0. The first-order chi connectivity index (χ1) is 18.7. The van der Waals surface area contributed by atoms with Gasteiger partial charge in [-0.3, -0.25) is 0 Å². The zero-order valence-corrected chi connectivity index (χ0v) is 24.1. The topological polar surface area (TPSA) is 22.3 Å². The quantitative estimate of drug-likeness (QED) is 0.169. The van der Waals surface area contributed by atoms with Crippen molar-refractivity contribution in [3.63, 3.8) is 0 Å². The molecule has 5 aromatic rings. The van der Waals surface area contributed by atoms with E-state index in [0.29, 0.717) is 5.92 Å². The van der Waals surface area contributed by atoms with Crippen LogP contribution in [0.2, 0.25) is 0 Å². The summed E-state index contributed by atoms with van der Waals surface area (Å²) in [6, 6.07) is 18.4. The standard InChI is InChI=1S/C36H38NO2/c1-21-10-11-26-28(18-21)22(2)32-34-33-27(12-15-37(34)6)25-9-7-8-24(23-13-16-38-17-14-23)29(25)19-31(33)39-35(32)30(26)20-36(3,4)5/h7-12,15,18-19,23H,13-14,16-17,20H2,1-6H3/q+1. The number of fused-ring (bicyclic) bond motifs is 5. The zero-order valence-electron chi connectivity index (χ0n) is 24.1. The Kier molecular flexibility index (Phi) is 5.55. The van der Waals surface area contributed by atoms with Gasteiger partial charge in [0, 0.05) is 30.2 Å². The highest BCUT2D eigenvalue weighted by atomic mass is 16.5. The molecule has 1 aromatic heterocycles. The van der Waals surface area contributed by atoms with Crippen LogP contribution in [0.5, 0.6) is 11.5 Å². The van der Waals surface area contributed by atoms with Crippen molar-refractivity contribution in [1.82, 2.24) is 0 Å². The molecular weight excluding hydrogens is 478 g/mol. The first-order valence-corrected chi connectivity index (χ1v) is 14.4. The normalized spacial score (nSPS) is 15.6. The molecule has 1 fully saturated rings. The molecule has 0 atom stereocenters. The molecule has 0 aliphatic carbocycles. The summed E-state index contributed by atoms with van der Waals surface area (Å²) in [5.41, 5.74) is 7.96. The fourth-order valence-electron chi connectivity index (χ4n) is 7.07. The van der Waals surface area contributed by atoms with Crippen molar-refractivity contribution >= 4 is 32.3 Å². The van der Waals surface area contributed by atoms with Crippen molar-refractivity contribution in [3.05, 3.63) is 77.0 Å². The number of pyridine rings is 1. The Labute approximate surface area is 231 Å². The third-order valence-corrected chi connectivity index (χ3v) is 8.87. The average molecular weight is 517 g/mol. The monoisotopic (exact) mass is 516 g/mol. The highest BCUT2D eigenvalue weighted by Crippen LogP contribution is 2.53. The van der Waals surface area contributed by atoms with E-state index in [2.05, 4.69) is 101 Å². The van der Waals surface area contributed by atoms with Gasteiger partial charge in [-0.25, -0.2) is 4.57 Å². The molecule has 0 unspecified atom stereocenters. The summed E-state index contributed by atoms with van der Waals surface area (Å²) >= 11 is 0. The fourth-order valence-corrected chi connectivity index (χ4v) is 7.07. The van der Waals surface area contributed by atoms with Crippen LogP contribution in [-0.2, 0) is 18.2 Å². The lowest BCUT2D eigenvalue weighted by atomic mass is 9.81. The van der Waals surface area contributed by atoms with E-state index in [9.17, 15) is 0 Å². The molecule has 7 rings (SSSR count). The Hall–Kier alpha value is -3.43. The van der Waals surface area contributed by atoms with Crippen molar-refractivity contribution in [2.24, 2.45) is 12.5 Å². The van der Waals surface area contributed by atoms with E-state index in [4.69, 9.17) is 9.47 Å². The van der Waals surface area contributed by atoms with Gasteiger partial charge < -0.3 is 9.47 Å². The van der Waals surface area contributed by atoms with Gasteiger partial charge in [0.15, 0.2) is 6.20 Å². The first-order valence-electron chi connectivity index (χ1n) is 14.4. The number of nitrogens with zero attached hydrogens (tertiary/aromatic N) is 1. The second kappa shape index (κ2) is 8.79. The lowest BCUT2D eigenvalue weighted by Crippen LogP contribution is -2.32. The molecule has 39 heavy (non-hydrogen) atoms. The number of rotatable bonds is 2. The Bertz CT molecular complexity index is 1800. The third-order valence-electron chi connectivity index (χ3n) is 8.87. The van der Waals surface area contributed by atoms with Gasteiger partial charge in [0.05, 0.1) is 10.9 Å². The minimum atomic E-state index is 0.123. The van der Waals surface area contributed by atoms with Crippen molar-refractivity contribution in [2.75, 3.05) is 13.2 Å². The molecule has 0 radical (unpaired) electrons. The zero-order chi connectivity index (χ0) is 27.1. The predicted octanol–water partition coefficient (Wildman–Crippen LogP) is 8.84. The summed E-state index contributed by atoms with van der Waals surface area (Å²) in [7, 11) is 2.18. The van der Waals surface area contributed by atoms with Gasteiger partial charge in [0.1, 0.15) is 18.5 Å². The molecule has 198 valence electrons. The van der Waals surface area contributed by atoms with E-state index in [1.54, 1.807) is 0 Å². The molecule has 0 N–H and O–H groups in total. The Morgan fingerprint density at radius 1 is 0.872 bits per heavy atom. The van der Waals surface area contributed by atoms with Crippen LogP contribution in [-0.4, -0.2) is 13.2 Å². The molecule has 3 heterocycles. The molecular formula is C36H38NO2+. The Morgan fingerprint density at radius 3 is 2.44 bits per heavy atom. The summed E-state index contributed by atoms with van der Waals surface area (Å²) in [5, 5.41) is 7.78. The predicted molar refractivity (Wildman–Crippen MR) is 161 cm³/mol. The van der Waals surface area contributed by atoms with Crippen molar-refractivity contribution in [2.45, 2.75) is 59.8 Å². The van der Waals surface area contributed by atoms with Gasteiger partial charge >= 0.3 is 0 Å². The summed E-state index contributed by atoms with van der Waals surface area (Å²) in [4.78, 5) is 0. The summed E-state index contributed by atoms with van der Waals surface area (Å²) in [6.07, 6.45) is 5.34. The average Bonchev–Trinajstić information content (AvgIpc) is 2.91. The highest BCUT2D eigenvalue weighted by molar-refractivity contribution is 6.17. The van der Waals surface area contributed by atoms with Crippen LogP contribution in [0, 0.1) is 19.3 Å². The van der Waals surface area contributed by atoms with E-state index in [1.165, 1.54) is 65.8 Å². The smallest absolute Gasteiger partial charge is 0.228 e. The molecule has 3 nitrogen and oxygen atoms in total. The maximum atomic E-state index is 7.11. The SMILES string of the molecule is Cc1ccc2c(CC(C)(C)C)c3c(c(C)c2c1)-c1c2c(cc4c(C5CCOCC5)cccc4c2cc[n+]1C)O3. The molecule has 4 aromatic carbocycles. The first kappa shape index (κ1) is 24.6. The van der Waals surface area contributed by atoms with E-state index >= 15 is 0 Å². The summed E-state index contributed by atoms with van der Waals surface area (Å²) in [6.45, 7) is 13.1.